The summed E-state index contributed by atoms with van der Waals surface area (Å²) in [4.78, 5) is 31.0. The summed E-state index contributed by atoms with van der Waals surface area (Å²) in [6, 6.07) is 13.2. The second kappa shape index (κ2) is 6.22. The SMILES string of the molecule is CC(=O)[C@@H]1[C@H]2c3ccccc3O[C@]1(C)N=c1s/c(=C\c3ccccc3F)c(=O)n12. The lowest BCUT2D eigenvalue weighted by atomic mass is 9.79. The summed E-state index contributed by atoms with van der Waals surface area (Å²) in [5.41, 5.74) is -0.277. The Balaban J connectivity index is 1.83. The van der Waals surface area contributed by atoms with Gasteiger partial charge in [0.25, 0.3) is 5.56 Å². The molecule has 2 aliphatic heterocycles. The van der Waals surface area contributed by atoms with E-state index in [1.165, 1.54) is 30.4 Å². The van der Waals surface area contributed by atoms with E-state index < -0.39 is 23.5 Å². The van der Waals surface area contributed by atoms with Crippen LogP contribution >= 0.6 is 11.3 Å². The van der Waals surface area contributed by atoms with Crippen molar-refractivity contribution >= 4 is 23.2 Å². The van der Waals surface area contributed by atoms with E-state index >= 15 is 0 Å². The molecule has 0 saturated heterocycles. The number of carbonyl (C=O) groups is 1. The second-order valence-electron chi connectivity index (χ2n) is 7.43. The molecule has 1 aromatic heterocycles. The quantitative estimate of drug-likeness (QED) is 0.654. The van der Waals surface area contributed by atoms with E-state index in [0.29, 0.717) is 20.6 Å². The molecule has 0 spiro atoms. The van der Waals surface area contributed by atoms with Crippen LogP contribution in [0, 0.1) is 11.7 Å². The number of hydrogen-bond acceptors (Lipinski definition) is 5. The van der Waals surface area contributed by atoms with Crippen molar-refractivity contribution in [2.24, 2.45) is 10.9 Å². The van der Waals surface area contributed by atoms with Gasteiger partial charge in [0, 0.05) is 11.1 Å². The maximum Gasteiger partial charge on any atom is 0.270 e. The summed E-state index contributed by atoms with van der Waals surface area (Å²) in [7, 11) is 0. The van der Waals surface area contributed by atoms with Crippen LogP contribution in [0.3, 0.4) is 0 Å². The minimum atomic E-state index is -1.10. The average molecular weight is 408 g/mol. The van der Waals surface area contributed by atoms with Crippen molar-refractivity contribution in [1.29, 1.82) is 0 Å². The van der Waals surface area contributed by atoms with Gasteiger partial charge in [-0.3, -0.25) is 14.2 Å². The molecule has 0 fully saturated rings. The Labute approximate surface area is 169 Å². The van der Waals surface area contributed by atoms with Crippen molar-refractivity contribution in [2.75, 3.05) is 0 Å². The lowest BCUT2D eigenvalue weighted by Crippen LogP contribution is -2.58. The molecular formula is C22H17FN2O3S. The topological polar surface area (TPSA) is 60.7 Å². The summed E-state index contributed by atoms with van der Waals surface area (Å²) < 4.78 is 22.2. The van der Waals surface area contributed by atoms with Gasteiger partial charge >= 0.3 is 0 Å². The standard InChI is InChI=1S/C22H17FN2O3S/c1-12(26)18-19-14-8-4-6-10-16(14)28-22(18,2)24-21-25(19)20(27)17(29-21)11-13-7-3-5-9-15(13)23/h3-11,18-19H,1-2H3/b17-11-/t18-,19-,22+/m1/s1. The molecule has 3 atom stereocenters. The molecular weight excluding hydrogens is 391 g/mol. The number of aromatic nitrogens is 1. The number of halogens is 1. The van der Waals surface area contributed by atoms with E-state index in [1.54, 1.807) is 29.7 Å². The maximum atomic E-state index is 14.1. The van der Waals surface area contributed by atoms with Gasteiger partial charge in [0.2, 0.25) is 5.72 Å². The molecule has 5 nitrogen and oxygen atoms in total. The van der Waals surface area contributed by atoms with Crippen LogP contribution in [-0.2, 0) is 4.79 Å². The Morgan fingerprint density at radius 3 is 2.72 bits per heavy atom. The zero-order valence-corrected chi connectivity index (χ0v) is 16.6. The first-order valence-corrected chi connectivity index (χ1v) is 10.1. The van der Waals surface area contributed by atoms with E-state index in [2.05, 4.69) is 4.99 Å². The molecule has 0 aliphatic carbocycles. The van der Waals surface area contributed by atoms with Crippen LogP contribution in [0.25, 0.3) is 6.08 Å². The second-order valence-corrected chi connectivity index (χ2v) is 8.44. The van der Waals surface area contributed by atoms with Gasteiger partial charge in [-0.2, -0.15) is 0 Å². The van der Waals surface area contributed by atoms with Crippen molar-refractivity contribution in [2.45, 2.75) is 25.6 Å². The number of nitrogens with zero attached hydrogens (tertiary/aromatic N) is 2. The van der Waals surface area contributed by atoms with Crippen LogP contribution in [0.15, 0.2) is 58.3 Å². The van der Waals surface area contributed by atoms with Gasteiger partial charge in [-0.1, -0.05) is 47.7 Å². The highest BCUT2D eigenvalue weighted by atomic mass is 32.1. The number of fused-ring (bicyclic) bond motifs is 6. The Kier molecular flexibility index (Phi) is 3.86. The monoisotopic (exact) mass is 408 g/mol. The largest absolute Gasteiger partial charge is 0.465 e. The number of ether oxygens (including phenoxy) is 1. The number of benzene rings is 2. The molecule has 2 aliphatic rings. The number of hydrogen-bond donors (Lipinski definition) is 0. The molecule has 0 unspecified atom stereocenters. The van der Waals surface area contributed by atoms with Crippen molar-refractivity contribution in [3.63, 3.8) is 0 Å². The van der Waals surface area contributed by atoms with Gasteiger partial charge < -0.3 is 4.74 Å². The lowest BCUT2D eigenvalue weighted by molar-refractivity contribution is -0.132. The molecule has 2 bridgehead atoms. The molecule has 3 aromatic rings. The minimum absolute atomic E-state index is 0.0980. The summed E-state index contributed by atoms with van der Waals surface area (Å²) in [6.07, 6.45) is 1.53. The minimum Gasteiger partial charge on any atom is -0.465 e. The Morgan fingerprint density at radius 1 is 1.24 bits per heavy atom. The van der Waals surface area contributed by atoms with Crippen molar-refractivity contribution in [3.8, 4) is 5.75 Å². The van der Waals surface area contributed by atoms with E-state index in [-0.39, 0.29) is 11.3 Å². The first-order chi connectivity index (χ1) is 13.9. The predicted molar refractivity (Wildman–Crippen MR) is 107 cm³/mol. The van der Waals surface area contributed by atoms with Crippen LogP contribution in [0.4, 0.5) is 4.39 Å². The lowest BCUT2D eigenvalue weighted by Gasteiger charge is -2.45. The van der Waals surface area contributed by atoms with E-state index in [4.69, 9.17) is 4.74 Å². The van der Waals surface area contributed by atoms with Crippen molar-refractivity contribution in [1.82, 2.24) is 4.57 Å². The van der Waals surface area contributed by atoms with Crippen molar-refractivity contribution in [3.05, 3.63) is 85.2 Å². The predicted octanol–water partition coefficient (Wildman–Crippen LogP) is 2.41. The van der Waals surface area contributed by atoms with E-state index in [9.17, 15) is 14.0 Å². The third-order valence-electron chi connectivity index (χ3n) is 5.51. The Morgan fingerprint density at radius 2 is 1.97 bits per heavy atom. The maximum absolute atomic E-state index is 14.1. The van der Waals surface area contributed by atoms with Gasteiger partial charge in [-0.25, -0.2) is 9.38 Å². The number of carbonyl (C=O) groups excluding carboxylic acids is 1. The van der Waals surface area contributed by atoms with Crippen LogP contribution in [0.1, 0.15) is 31.0 Å². The highest BCUT2D eigenvalue weighted by Gasteiger charge is 2.53. The summed E-state index contributed by atoms with van der Waals surface area (Å²) >= 11 is 1.18. The van der Waals surface area contributed by atoms with Gasteiger partial charge in [0.15, 0.2) is 4.80 Å². The number of ketones is 1. The fraction of sp³-hybridized carbons (Fsp3) is 0.227. The normalized spacial score (nSPS) is 24.9. The molecule has 5 rings (SSSR count). The molecule has 0 radical (unpaired) electrons. The highest BCUT2D eigenvalue weighted by molar-refractivity contribution is 7.07. The van der Waals surface area contributed by atoms with E-state index in [0.717, 1.165) is 5.56 Å². The zero-order chi connectivity index (χ0) is 20.3. The third-order valence-corrected chi connectivity index (χ3v) is 6.49. The number of rotatable bonds is 2. The van der Waals surface area contributed by atoms with Gasteiger partial charge in [-0.15, -0.1) is 0 Å². The van der Waals surface area contributed by atoms with Crippen LogP contribution in [0.2, 0.25) is 0 Å². The number of para-hydroxylation sites is 1. The fourth-order valence-corrected chi connectivity index (χ4v) is 5.38. The molecule has 0 N–H and O–H groups in total. The summed E-state index contributed by atoms with van der Waals surface area (Å²) in [5.74, 6) is -0.511. The average Bonchev–Trinajstić information content (AvgIpc) is 2.96. The Hall–Kier alpha value is -3.06. The van der Waals surface area contributed by atoms with Crippen LogP contribution < -0.4 is 19.6 Å². The number of thiazole rings is 1. The molecule has 3 heterocycles. The van der Waals surface area contributed by atoms with Gasteiger partial charge in [-0.05, 0) is 32.1 Å². The first-order valence-electron chi connectivity index (χ1n) is 9.25. The molecule has 0 saturated carbocycles. The molecule has 0 amide bonds. The molecule has 29 heavy (non-hydrogen) atoms. The summed E-state index contributed by atoms with van der Waals surface area (Å²) in [6.45, 7) is 3.27. The molecule has 7 heteroatoms. The third kappa shape index (κ3) is 2.61. The van der Waals surface area contributed by atoms with Crippen LogP contribution in [0.5, 0.6) is 5.75 Å². The van der Waals surface area contributed by atoms with Crippen molar-refractivity contribution < 1.29 is 13.9 Å². The first kappa shape index (κ1) is 18.0. The zero-order valence-electron chi connectivity index (χ0n) is 15.8. The van der Waals surface area contributed by atoms with Gasteiger partial charge in [0.05, 0.1) is 10.6 Å². The van der Waals surface area contributed by atoms with Crippen LogP contribution in [-0.4, -0.2) is 16.1 Å². The van der Waals surface area contributed by atoms with E-state index in [1.807, 2.05) is 24.3 Å². The molecule has 2 aromatic carbocycles. The fourth-order valence-electron chi connectivity index (χ4n) is 4.29. The molecule has 146 valence electrons. The van der Waals surface area contributed by atoms with Gasteiger partial charge in [0.1, 0.15) is 23.3 Å². The Bertz CT molecular complexity index is 1340. The number of Topliss-reactive ketones (excluding diaryl/α,β-unsaturated/α-hetero) is 1. The smallest absolute Gasteiger partial charge is 0.270 e. The highest BCUT2D eigenvalue weighted by Crippen LogP contribution is 2.47. The summed E-state index contributed by atoms with van der Waals surface area (Å²) in [5, 5.41) is 0.